The number of fused-ring (bicyclic) bond motifs is 1. The molecule has 0 unspecified atom stereocenters. The molecule has 1 aromatic heterocycles. The number of furan rings is 1. The molecule has 0 saturated carbocycles. The number of ether oxygens (including phenoxy) is 1. The molecule has 2 aliphatic rings. The summed E-state index contributed by atoms with van der Waals surface area (Å²) in [5.41, 5.74) is 1.96. The average Bonchev–Trinajstić information content (AvgIpc) is 3.08. The van der Waals surface area contributed by atoms with Crippen molar-refractivity contribution in [3.05, 3.63) is 52.5 Å². The number of rotatable bonds is 4. The van der Waals surface area contributed by atoms with Gasteiger partial charge in [-0.15, -0.1) is 0 Å². The molecule has 1 saturated heterocycles. The third kappa shape index (κ3) is 4.29. The van der Waals surface area contributed by atoms with Crippen LogP contribution in [0.4, 0.5) is 0 Å². The number of nitrogens with zero attached hydrogens (tertiary/aromatic N) is 2. The zero-order valence-corrected chi connectivity index (χ0v) is 19.2. The Bertz CT molecular complexity index is 1060. The lowest BCUT2D eigenvalue weighted by Gasteiger charge is -2.34. The number of methoxy groups -OCH3 is 1. The van der Waals surface area contributed by atoms with Crippen molar-refractivity contribution >= 4 is 17.6 Å². The molecule has 1 aliphatic carbocycles. The first-order valence-corrected chi connectivity index (χ1v) is 11.0. The van der Waals surface area contributed by atoms with Gasteiger partial charge in [-0.3, -0.25) is 14.4 Å². The number of benzene rings is 1. The highest BCUT2D eigenvalue weighted by Gasteiger charge is 2.38. The van der Waals surface area contributed by atoms with Crippen molar-refractivity contribution < 1.29 is 23.5 Å². The van der Waals surface area contributed by atoms with Crippen LogP contribution < -0.4 is 4.74 Å². The van der Waals surface area contributed by atoms with Crippen molar-refractivity contribution in [1.82, 2.24) is 9.80 Å². The lowest BCUT2D eigenvalue weighted by molar-refractivity contribution is -0.131. The second kappa shape index (κ2) is 8.45. The maximum absolute atomic E-state index is 13.1. The molecule has 7 nitrogen and oxygen atoms in total. The van der Waals surface area contributed by atoms with E-state index in [1.165, 1.54) is 0 Å². The lowest BCUT2D eigenvalue weighted by Crippen LogP contribution is -2.51. The van der Waals surface area contributed by atoms with Gasteiger partial charge < -0.3 is 19.0 Å². The van der Waals surface area contributed by atoms with Gasteiger partial charge in [0.2, 0.25) is 5.91 Å². The van der Waals surface area contributed by atoms with E-state index >= 15 is 0 Å². The van der Waals surface area contributed by atoms with Crippen LogP contribution in [-0.2, 0) is 17.6 Å². The molecule has 0 radical (unpaired) electrons. The summed E-state index contributed by atoms with van der Waals surface area (Å²) >= 11 is 0. The number of carbonyl (C=O) groups is 3. The SMILES string of the molecule is COc1cccc(CC(=O)N2CCN(C(=O)c3oc4c(c3C)C(=O)CC(C)(C)C4)CC2)c1. The van der Waals surface area contributed by atoms with Crippen LogP contribution in [0.3, 0.4) is 0 Å². The molecule has 170 valence electrons. The van der Waals surface area contributed by atoms with Gasteiger partial charge in [0.15, 0.2) is 11.5 Å². The van der Waals surface area contributed by atoms with Gasteiger partial charge >= 0.3 is 0 Å². The fraction of sp³-hybridized carbons (Fsp3) is 0.480. The molecule has 0 bridgehead atoms. The van der Waals surface area contributed by atoms with E-state index in [-0.39, 0.29) is 28.8 Å². The van der Waals surface area contributed by atoms with Gasteiger partial charge in [0, 0.05) is 44.6 Å². The van der Waals surface area contributed by atoms with Crippen molar-refractivity contribution in [3.63, 3.8) is 0 Å². The predicted molar refractivity (Wildman–Crippen MR) is 119 cm³/mol. The molecule has 1 fully saturated rings. The Labute approximate surface area is 188 Å². The van der Waals surface area contributed by atoms with Crippen LogP contribution in [0.15, 0.2) is 28.7 Å². The number of piperazine rings is 1. The molecule has 7 heteroatoms. The standard InChI is InChI=1S/C25H30N2O5/c1-16-22-19(28)14-25(2,3)15-20(22)32-23(16)24(30)27-10-8-26(9-11-27)21(29)13-17-6-5-7-18(12-17)31-4/h5-7,12H,8-11,13-15H2,1-4H3. The molecule has 32 heavy (non-hydrogen) atoms. The van der Waals surface area contributed by atoms with Crippen LogP contribution in [0.5, 0.6) is 5.75 Å². The highest BCUT2D eigenvalue weighted by molar-refractivity contribution is 6.03. The zero-order valence-electron chi connectivity index (χ0n) is 19.2. The summed E-state index contributed by atoms with van der Waals surface area (Å²) in [6.07, 6.45) is 1.41. The quantitative estimate of drug-likeness (QED) is 0.732. The van der Waals surface area contributed by atoms with E-state index in [4.69, 9.17) is 9.15 Å². The smallest absolute Gasteiger partial charge is 0.289 e. The van der Waals surface area contributed by atoms with E-state index in [1.807, 2.05) is 38.1 Å². The minimum atomic E-state index is -0.206. The molecule has 4 rings (SSSR count). The largest absolute Gasteiger partial charge is 0.497 e. The number of ketones is 1. The topological polar surface area (TPSA) is 80.1 Å². The van der Waals surface area contributed by atoms with Crippen molar-refractivity contribution in [2.75, 3.05) is 33.3 Å². The molecular weight excluding hydrogens is 408 g/mol. The Morgan fingerprint density at radius 1 is 1.09 bits per heavy atom. The number of hydrogen-bond donors (Lipinski definition) is 0. The zero-order chi connectivity index (χ0) is 23.0. The molecule has 1 aromatic carbocycles. The molecule has 0 N–H and O–H groups in total. The van der Waals surface area contributed by atoms with E-state index in [0.717, 1.165) is 11.3 Å². The first-order chi connectivity index (χ1) is 15.2. The summed E-state index contributed by atoms with van der Waals surface area (Å²) in [5, 5.41) is 0. The summed E-state index contributed by atoms with van der Waals surface area (Å²) in [6.45, 7) is 7.68. The Kier molecular flexibility index (Phi) is 5.84. The van der Waals surface area contributed by atoms with Crippen molar-refractivity contribution in [1.29, 1.82) is 0 Å². The minimum absolute atomic E-state index is 0.0304. The number of amides is 2. The maximum Gasteiger partial charge on any atom is 0.289 e. The third-order valence-corrected chi connectivity index (χ3v) is 6.38. The Hall–Kier alpha value is -3.09. The van der Waals surface area contributed by atoms with Crippen molar-refractivity contribution in [2.45, 2.75) is 40.0 Å². The summed E-state index contributed by atoms with van der Waals surface area (Å²) < 4.78 is 11.2. The highest BCUT2D eigenvalue weighted by atomic mass is 16.5. The maximum atomic E-state index is 13.1. The number of carbonyl (C=O) groups excluding carboxylic acids is 3. The van der Waals surface area contributed by atoms with Crippen LogP contribution in [0.2, 0.25) is 0 Å². The first-order valence-electron chi connectivity index (χ1n) is 11.0. The van der Waals surface area contributed by atoms with E-state index in [0.29, 0.717) is 62.3 Å². The van der Waals surface area contributed by atoms with Gasteiger partial charge in [-0.05, 0) is 30.0 Å². The average molecular weight is 439 g/mol. The van der Waals surface area contributed by atoms with Gasteiger partial charge in [-0.2, -0.15) is 0 Å². The summed E-state index contributed by atoms with van der Waals surface area (Å²) in [4.78, 5) is 42.0. The van der Waals surface area contributed by atoms with E-state index in [2.05, 4.69) is 0 Å². The molecular formula is C25H30N2O5. The van der Waals surface area contributed by atoms with E-state index in [1.54, 1.807) is 23.8 Å². The lowest BCUT2D eigenvalue weighted by atomic mass is 9.76. The summed E-state index contributed by atoms with van der Waals surface area (Å²) in [5.74, 6) is 1.48. The van der Waals surface area contributed by atoms with Crippen molar-refractivity contribution in [3.8, 4) is 5.75 Å². The van der Waals surface area contributed by atoms with Crippen molar-refractivity contribution in [2.24, 2.45) is 5.41 Å². The third-order valence-electron chi connectivity index (χ3n) is 6.38. The summed E-state index contributed by atoms with van der Waals surface area (Å²) in [7, 11) is 1.60. The first kappa shape index (κ1) is 22.1. The van der Waals surface area contributed by atoms with Gasteiger partial charge in [0.05, 0.1) is 19.1 Å². The summed E-state index contributed by atoms with van der Waals surface area (Å²) in [6, 6.07) is 7.49. The highest BCUT2D eigenvalue weighted by Crippen LogP contribution is 2.38. The monoisotopic (exact) mass is 438 g/mol. The fourth-order valence-corrected chi connectivity index (χ4v) is 4.66. The minimum Gasteiger partial charge on any atom is -0.497 e. The fourth-order valence-electron chi connectivity index (χ4n) is 4.66. The molecule has 0 atom stereocenters. The van der Waals surface area contributed by atoms with Gasteiger partial charge in [0.1, 0.15) is 11.5 Å². The number of hydrogen-bond acceptors (Lipinski definition) is 5. The molecule has 2 amide bonds. The van der Waals surface area contributed by atoms with Crippen LogP contribution >= 0.6 is 0 Å². The van der Waals surface area contributed by atoms with Crippen LogP contribution in [0, 0.1) is 12.3 Å². The van der Waals surface area contributed by atoms with Crippen LogP contribution in [0.1, 0.15) is 58.1 Å². The van der Waals surface area contributed by atoms with Crippen LogP contribution in [-0.4, -0.2) is 60.7 Å². The van der Waals surface area contributed by atoms with E-state index < -0.39 is 0 Å². The Morgan fingerprint density at radius 3 is 2.47 bits per heavy atom. The second-order valence-electron chi connectivity index (χ2n) is 9.50. The van der Waals surface area contributed by atoms with Gasteiger partial charge in [-0.1, -0.05) is 26.0 Å². The molecule has 2 aromatic rings. The van der Waals surface area contributed by atoms with Gasteiger partial charge in [0.25, 0.3) is 5.91 Å². The molecule has 1 aliphatic heterocycles. The molecule has 2 heterocycles. The second-order valence-corrected chi connectivity index (χ2v) is 9.50. The Morgan fingerprint density at radius 2 is 1.78 bits per heavy atom. The normalized spacial score (nSPS) is 17.8. The van der Waals surface area contributed by atoms with Gasteiger partial charge in [-0.25, -0.2) is 0 Å². The van der Waals surface area contributed by atoms with E-state index in [9.17, 15) is 14.4 Å². The molecule has 0 spiro atoms. The van der Waals surface area contributed by atoms with Crippen LogP contribution in [0.25, 0.3) is 0 Å². The Balaban J connectivity index is 1.40. The predicted octanol–water partition coefficient (Wildman–Crippen LogP) is 3.28. The number of Topliss-reactive ketones (excluding diaryl/α,β-unsaturated/α-hetero) is 1.